The fraction of sp³-hybridized carbons (Fsp3) is 0.588. The van der Waals surface area contributed by atoms with E-state index < -0.39 is 0 Å². The number of hydrogen-bond acceptors (Lipinski definition) is 5. The van der Waals surface area contributed by atoms with E-state index in [0.29, 0.717) is 37.7 Å². The Bertz CT molecular complexity index is 532. The van der Waals surface area contributed by atoms with Gasteiger partial charge < -0.3 is 20.5 Å². The zero-order valence-electron chi connectivity index (χ0n) is 13.4. The first-order valence-corrected chi connectivity index (χ1v) is 8.33. The normalized spacial score (nSPS) is 24.7. The SMILES string of the molecule is NCCOc1cccc(C(=O)N[C@H]2COC[C@@H]2N2CCCC2)c1. The van der Waals surface area contributed by atoms with Crippen molar-refractivity contribution in [2.24, 2.45) is 5.73 Å². The third-order valence-electron chi connectivity index (χ3n) is 4.46. The number of likely N-dealkylation sites (tertiary alicyclic amines) is 1. The molecule has 126 valence electrons. The third kappa shape index (κ3) is 4.02. The second-order valence-corrected chi connectivity index (χ2v) is 6.09. The van der Waals surface area contributed by atoms with Crippen molar-refractivity contribution in [1.29, 1.82) is 0 Å². The number of carbonyl (C=O) groups is 1. The van der Waals surface area contributed by atoms with Gasteiger partial charge in [0.25, 0.3) is 5.91 Å². The standard InChI is InChI=1S/C17H25N3O3/c18-6-9-23-14-5-3-4-13(10-14)17(21)19-15-11-22-12-16(15)20-7-1-2-8-20/h3-5,10,15-16H,1-2,6-9,11-12,18H2,(H,19,21)/t15-,16-/m0/s1. The molecular formula is C17H25N3O3. The predicted molar refractivity (Wildman–Crippen MR) is 87.7 cm³/mol. The van der Waals surface area contributed by atoms with Gasteiger partial charge in [-0.25, -0.2) is 0 Å². The molecule has 23 heavy (non-hydrogen) atoms. The van der Waals surface area contributed by atoms with Crippen molar-refractivity contribution in [3.63, 3.8) is 0 Å². The van der Waals surface area contributed by atoms with E-state index in [1.807, 2.05) is 12.1 Å². The molecule has 0 saturated carbocycles. The van der Waals surface area contributed by atoms with E-state index in [1.54, 1.807) is 12.1 Å². The molecule has 0 spiro atoms. The Morgan fingerprint density at radius 1 is 1.35 bits per heavy atom. The minimum atomic E-state index is -0.0807. The van der Waals surface area contributed by atoms with Gasteiger partial charge in [0.1, 0.15) is 12.4 Å². The predicted octanol–water partition coefficient (Wildman–Crippen LogP) is 0.617. The van der Waals surface area contributed by atoms with Gasteiger partial charge in [-0.2, -0.15) is 0 Å². The molecule has 1 aromatic carbocycles. The maximum atomic E-state index is 12.5. The molecule has 0 radical (unpaired) electrons. The van der Waals surface area contributed by atoms with Gasteiger partial charge in [0, 0.05) is 12.1 Å². The Morgan fingerprint density at radius 3 is 2.96 bits per heavy atom. The molecule has 2 heterocycles. The topological polar surface area (TPSA) is 76.8 Å². The molecule has 0 aromatic heterocycles. The number of nitrogens with zero attached hydrogens (tertiary/aromatic N) is 1. The van der Waals surface area contributed by atoms with Crippen molar-refractivity contribution >= 4 is 5.91 Å². The summed E-state index contributed by atoms with van der Waals surface area (Å²) in [5.41, 5.74) is 6.04. The van der Waals surface area contributed by atoms with Crippen molar-refractivity contribution in [2.75, 3.05) is 39.5 Å². The smallest absolute Gasteiger partial charge is 0.251 e. The molecule has 0 unspecified atom stereocenters. The first-order valence-electron chi connectivity index (χ1n) is 8.33. The van der Waals surface area contributed by atoms with Crippen LogP contribution in [0.2, 0.25) is 0 Å². The molecule has 6 nitrogen and oxygen atoms in total. The molecule has 1 amide bonds. The summed E-state index contributed by atoms with van der Waals surface area (Å²) in [6, 6.07) is 7.55. The number of ether oxygens (including phenoxy) is 2. The maximum absolute atomic E-state index is 12.5. The highest BCUT2D eigenvalue weighted by Gasteiger charge is 2.35. The number of hydrogen-bond donors (Lipinski definition) is 2. The van der Waals surface area contributed by atoms with Crippen LogP contribution in [0.15, 0.2) is 24.3 Å². The summed E-state index contributed by atoms with van der Waals surface area (Å²) in [6.07, 6.45) is 2.47. The Kier molecular flexibility index (Phi) is 5.48. The van der Waals surface area contributed by atoms with E-state index in [0.717, 1.165) is 13.1 Å². The summed E-state index contributed by atoms with van der Waals surface area (Å²) >= 11 is 0. The van der Waals surface area contributed by atoms with Crippen molar-refractivity contribution in [3.05, 3.63) is 29.8 Å². The summed E-state index contributed by atoms with van der Waals surface area (Å²) in [5, 5.41) is 3.12. The van der Waals surface area contributed by atoms with Crippen LogP contribution in [0, 0.1) is 0 Å². The molecule has 2 aliphatic heterocycles. The van der Waals surface area contributed by atoms with Crippen molar-refractivity contribution in [2.45, 2.75) is 24.9 Å². The fourth-order valence-corrected chi connectivity index (χ4v) is 3.27. The second-order valence-electron chi connectivity index (χ2n) is 6.09. The largest absolute Gasteiger partial charge is 0.492 e. The molecule has 1 aromatic rings. The summed E-state index contributed by atoms with van der Waals surface area (Å²) < 4.78 is 11.1. The van der Waals surface area contributed by atoms with Crippen LogP contribution < -0.4 is 15.8 Å². The average molecular weight is 319 g/mol. The summed E-state index contributed by atoms with van der Waals surface area (Å²) in [5.74, 6) is 0.588. The van der Waals surface area contributed by atoms with E-state index in [4.69, 9.17) is 15.2 Å². The lowest BCUT2D eigenvalue weighted by Crippen LogP contribution is -2.50. The van der Waals surface area contributed by atoms with Gasteiger partial charge in [0.2, 0.25) is 0 Å². The number of nitrogens with two attached hydrogens (primary N) is 1. The van der Waals surface area contributed by atoms with Gasteiger partial charge in [-0.3, -0.25) is 9.69 Å². The lowest BCUT2D eigenvalue weighted by molar-refractivity contribution is 0.0916. The van der Waals surface area contributed by atoms with E-state index in [1.165, 1.54) is 12.8 Å². The van der Waals surface area contributed by atoms with E-state index in [2.05, 4.69) is 10.2 Å². The zero-order valence-corrected chi connectivity index (χ0v) is 13.4. The van der Waals surface area contributed by atoms with Crippen LogP contribution in [0.3, 0.4) is 0 Å². The van der Waals surface area contributed by atoms with Gasteiger partial charge in [-0.05, 0) is 44.1 Å². The van der Waals surface area contributed by atoms with Crippen LogP contribution in [0.25, 0.3) is 0 Å². The lowest BCUT2D eigenvalue weighted by Gasteiger charge is -2.27. The summed E-state index contributed by atoms with van der Waals surface area (Å²) in [6.45, 7) is 4.37. The highest BCUT2D eigenvalue weighted by atomic mass is 16.5. The quantitative estimate of drug-likeness (QED) is 0.804. The van der Waals surface area contributed by atoms with Gasteiger partial charge in [0.05, 0.1) is 25.3 Å². The lowest BCUT2D eigenvalue weighted by atomic mass is 10.1. The van der Waals surface area contributed by atoms with Crippen molar-refractivity contribution in [1.82, 2.24) is 10.2 Å². The Labute approximate surface area is 136 Å². The van der Waals surface area contributed by atoms with Gasteiger partial charge in [0.15, 0.2) is 0 Å². The van der Waals surface area contributed by atoms with Crippen LogP contribution >= 0.6 is 0 Å². The molecule has 0 aliphatic carbocycles. The van der Waals surface area contributed by atoms with Crippen LogP contribution in [0.1, 0.15) is 23.2 Å². The highest BCUT2D eigenvalue weighted by Crippen LogP contribution is 2.20. The molecular weight excluding hydrogens is 294 g/mol. The van der Waals surface area contributed by atoms with E-state index in [-0.39, 0.29) is 18.0 Å². The first-order chi connectivity index (χ1) is 11.3. The van der Waals surface area contributed by atoms with Crippen molar-refractivity contribution in [3.8, 4) is 5.75 Å². The Hall–Kier alpha value is -1.63. The second kappa shape index (κ2) is 7.77. The maximum Gasteiger partial charge on any atom is 0.251 e. The van der Waals surface area contributed by atoms with E-state index in [9.17, 15) is 4.79 Å². The van der Waals surface area contributed by atoms with Crippen LogP contribution in [0.5, 0.6) is 5.75 Å². The summed E-state index contributed by atoms with van der Waals surface area (Å²) in [4.78, 5) is 15.0. The Morgan fingerprint density at radius 2 is 2.17 bits per heavy atom. The highest BCUT2D eigenvalue weighted by molar-refractivity contribution is 5.94. The van der Waals surface area contributed by atoms with Crippen LogP contribution in [-0.2, 0) is 4.74 Å². The fourth-order valence-electron chi connectivity index (χ4n) is 3.27. The number of amides is 1. The number of nitrogens with one attached hydrogen (secondary N) is 1. The van der Waals surface area contributed by atoms with Crippen molar-refractivity contribution < 1.29 is 14.3 Å². The molecule has 3 N–H and O–H groups in total. The summed E-state index contributed by atoms with van der Waals surface area (Å²) in [7, 11) is 0. The molecule has 2 atom stereocenters. The van der Waals surface area contributed by atoms with Gasteiger partial charge in [-0.1, -0.05) is 6.07 Å². The van der Waals surface area contributed by atoms with Gasteiger partial charge >= 0.3 is 0 Å². The minimum Gasteiger partial charge on any atom is -0.492 e. The Balaban J connectivity index is 1.61. The molecule has 6 heteroatoms. The third-order valence-corrected chi connectivity index (χ3v) is 4.46. The monoisotopic (exact) mass is 319 g/mol. The van der Waals surface area contributed by atoms with Gasteiger partial charge in [-0.15, -0.1) is 0 Å². The number of rotatable bonds is 6. The van der Waals surface area contributed by atoms with Crippen LogP contribution in [0.4, 0.5) is 0 Å². The molecule has 2 fully saturated rings. The molecule has 0 bridgehead atoms. The minimum absolute atomic E-state index is 0.0502. The first kappa shape index (κ1) is 16.2. The molecule has 2 aliphatic rings. The average Bonchev–Trinajstić information content (AvgIpc) is 3.24. The number of benzene rings is 1. The van der Waals surface area contributed by atoms with E-state index >= 15 is 0 Å². The molecule has 2 saturated heterocycles. The zero-order chi connectivity index (χ0) is 16.1. The molecule has 3 rings (SSSR count). The van der Waals surface area contributed by atoms with Crippen LogP contribution in [-0.4, -0.2) is 62.3 Å². The number of carbonyl (C=O) groups excluding carboxylic acids is 1.